The number of pyridine rings is 1. The third-order valence-electron chi connectivity index (χ3n) is 4.20. The molecule has 0 amide bonds. The number of hydrogen-bond donors (Lipinski definition) is 5. The van der Waals surface area contributed by atoms with Crippen molar-refractivity contribution in [1.82, 2.24) is 10.3 Å². The van der Waals surface area contributed by atoms with Crippen molar-refractivity contribution in [2.45, 2.75) is 31.9 Å². The van der Waals surface area contributed by atoms with Gasteiger partial charge in [-0.15, -0.1) is 0 Å². The monoisotopic (exact) mass is 408 g/mol. The molecular formula is C19H28N4O4S. The number of benzene rings is 1. The summed E-state index contributed by atoms with van der Waals surface area (Å²) in [6.45, 7) is 5.06. The molecule has 0 aliphatic carbocycles. The maximum Gasteiger partial charge on any atom is 0.229 e. The fraction of sp³-hybridized carbons (Fsp3) is 0.421. The highest BCUT2D eigenvalue weighted by molar-refractivity contribution is 7.92. The van der Waals surface area contributed by atoms with Crippen molar-refractivity contribution in [3.05, 3.63) is 48.2 Å². The number of hydrogen-bond acceptors (Lipinski definition) is 7. The highest BCUT2D eigenvalue weighted by atomic mass is 32.2. The Morgan fingerprint density at radius 3 is 2.61 bits per heavy atom. The summed E-state index contributed by atoms with van der Waals surface area (Å²) in [6, 6.07) is 10.0. The van der Waals surface area contributed by atoms with Crippen LogP contribution in [0.5, 0.6) is 5.75 Å². The van der Waals surface area contributed by atoms with E-state index in [0.717, 1.165) is 25.0 Å². The Labute approximate surface area is 166 Å². The number of aliphatic hydroxyl groups is 1. The van der Waals surface area contributed by atoms with E-state index in [0.29, 0.717) is 5.56 Å². The molecule has 0 saturated carbocycles. The van der Waals surface area contributed by atoms with Gasteiger partial charge in [0.2, 0.25) is 10.0 Å². The van der Waals surface area contributed by atoms with Crippen molar-refractivity contribution in [2.24, 2.45) is 0 Å². The lowest BCUT2D eigenvalue weighted by Crippen LogP contribution is -2.42. The van der Waals surface area contributed by atoms with Crippen molar-refractivity contribution in [2.75, 3.05) is 29.4 Å². The zero-order valence-electron chi connectivity index (χ0n) is 16.3. The molecule has 1 atom stereocenters. The van der Waals surface area contributed by atoms with Crippen LogP contribution in [0.1, 0.15) is 31.9 Å². The minimum atomic E-state index is -3.53. The number of nitrogens with one attached hydrogen (secondary N) is 3. The molecule has 0 saturated heterocycles. The number of β-amino-alcohol motifs (C(OH)–C–C–N with tert-alkyl or cyclic N) is 1. The average Bonchev–Trinajstić information content (AvgIpc) is 2.61. The van der Waals surface area contributed by atoms with Crippen LogP contribution in [0.2, 0.25) is 0 Å². The number of aliphatic hydroxyl groups excluding tert-OH is 1. The smallest absolute Gasteiger partial charge is 0.229 e. The van der Waals surface area contributed by atoms with E-state index in [9.17, 15) is 18.6 Å². The van der Waals surface area contributed by atoms with Crippen LogP contribution in [0, 0.1) is 0 Å². The van der Waals surface area contributed by atoms with Crippen LogP contribution in [-0.2, 0) is 10.0 Å². The summed E-state index contributed by atoms with van der Waals surface area (Å²) in [4.78, 5) is 4.21. The largest absolute Gasteiger partial charge is 0.506 e. The first-order chi connectivity index (χ1) is 13.1. The fourth-order valence-corrected chi connectivity index (χ4v) is 3.15. The summed E-state index contributed by atoms with van der Waals surface area (Å²) in [5, 5.41) is 26.8. The highest BCUT2D eigenvalue weighted by Gasteiger charge is 2.20. The van der Waals surface area contributed by atoms with Gasteiger partial charge < -0.3 is 20.8 Å². The lowest BCUT2D eigenvalue weighted by atomic mass is 9.99. The van der Waals surface area contributed by atoms with Gasteiger partial charge in [0.15, 0.2) is 0 Å². The minimum absolute atomic E-state index is 0.0397. The number of phenolic OH excluding ortho intramolecular Hbond substituents is 1. The second kappa shape index (κ2) is 9.22. The van der Waals surface area contributed by atoms with E-state index in [1.165, 1.54) is 12.1 Å². The maximum atomic E-state index is 11.4. The summed E-state index contributed by atoms with van der Waals surface area (Å²) in [5.41, 5.74) is 0.296. The van der Waals surface area contributed by atoms with Crippen LogP contribution in [0.3, 0.4) is 0 Å². The van der Waals surface area contributed by atoms with E-state index in [1.54, 1.807) is 12.3 Å². The molecule has 0 aliphatic rings. The van der Waals surface area contributed by atoms with Crippen LogP contribution in [-0.4, -0.2) is 48.5 Å². The molecule has 0 aliphatic heterocycles. The summed E-state index contributed by atoms with van der Waals surface area (Å²) in [6.07, 6.45) is 2.67. The highest BCUT2D eigenvalue weighted by Crippen LogP contribution is 2.28. The molecule has 0 fully saturated rings. The first kappa shape index (κ1) is 21.9. The molecule has 1 aromatic heterocycles. The van der Waals surface area contributed by atoms with E-state index in [-0.39, 0.29) is 23.5 Å². The van der Waals surface area contributed by atoms with E-state index >= 15 is 0 Å². The number of aromatic hydroxyl groups is 1. The summed E-state index contributed by atoms with van der Waals surface area (Å²) < 4.78 is 25.0. The zero-order chi connectivity index (χ0) is 20.8. The fourth-order valence-electron chi connectivity index (χ4n) is 2.59. The average molecular weight is 409 g/mol. The van der Waals surface area contributed by atoms with Crippen molar-refractivity contribution < 1.29 is 18.6 Å². The minimum Gasteiger partial charge on any atom is -0.506 e. The predicted molar refractivity (Wildman–Crippen MR) is 111 cm³/mol. The lowest BCUT2D eigenvalue weighted by Gasteiger charge is -2.28. The molecule has 2 rings (SSSR count). The Morgan fingerprint density at radius 2 is 1.96 bits per heavy atom. The quantitative estimate of drug-likeness (QED) is 0.381. The summed E-state index contributed by atoms with van der Waals surface area (Å²) in [5.74, 6) is 0.614. The van der Waals surface area contributed by atoms with Crippen molar-refractivity contribution in [3.8, 4) is 5.75 Å². The molecule has 154 valence electrons. The van der Waals surface area contributed by atoms with Gasteiger partial charge in [-0.2, -0.15) is 0 Å². The van der Waals surface area contributed by atoms with E-state index in [4.69, 9.17) is 0 Å². The molecule has 1 unspecified atom stereocenters. The lowest BCUT2D eigenvalue weighted by molar-refractivity contribution is 0.160. The summed E-state index contributed by atoms with van der Waals surface area (Å²) in [7, 11) is -3.53. The van der Waals surface area contributed by atoms with Gasteiger partial charge in [-0.05, 0) is 50.1 Å². The topological polar surface area (TPSA) is 124 Å². The van der Waals surface area contributed by atoms with Gasteiger partial charge in [-0.3, -0.25) is 4.72 Å². The van der Waals surface area contributed by atoms with Crippen molar-refractivity contribution in [1.29, 1.82) is 0 Å². The van der Waals surface area contributed by atoms with Gasteiger partial charge >= 0.3 is 0 Å². The SMILES string of the molecule is CC(C)(CCNc1ccccn1)NCC(O)c1ccc(O)c(NS(C)(=O)=O)c1. The number of sulfonamides is 1. The molecule has 5 N–H and O–H groups in total. The predicted octanol–water partition coefficient (Wildman–Crippen LogP) is 2.06. The number of aromatic nitrogens is 1. The van der Waals surface area contributed by atoms with E-state index in [2.05, 4.69) is 20.3 Å². The molecule has 8 nitrogen and oxygen atoms in total. The zero-order valence-corrected chi connectivity index (χ0v) is 17.1. The molecular weight excluding hydrogens is 380 g/mol. The van der Waals surface area contributed by atoms with Crippen LogP contribution in [0.4, 0.5) is 11.5 Å². The molecule has 28 heavy (non-hydrogen) atoms. The van der Waals surface area contributed by atoms with E-state index < -0.39 is 16.1 Å². The van der Waals surface area contributed by atoms with Gasteiger partial charge in [-0.25, -0.2) is 13.4 Å². The Kier molecular flexibility index (Phi) is 7.22. The Balaban J connectivity index is 1.89. The van der Waals surface area contributed by atoms with Crippen molar-refractivity contribution >= 4 is 21.5 Å². The molecule has 9 heteroatoms. The maximum absolute atomic E-state index is 11.4. The first-order valence-corrected chi connectivity index (χ1v) is 10.8. The van der Waals surface area contributed by atoms with E-state index in [1.807, 2.05) is 32.0 Å². The molecule has 2 aromatic rings. The Bertz CT molecular complexity index is 873. The van der Waals surface area contributed by atoms with Crippen LogP contribution in [0.25, 0.3) is 0 Å². The Morgan fingerprint density at radius 1 is 1.21 bits per heavy atom. The van der Waals surface area contributed by atoms with Crippen LogP contribution < -0.4 is 15.4 Å². The third kappa shape index (κ3) is 7.34. The van der Waals surface area contributed by atoms with Gasteiger partial charge in [0.1, 0.15) is 11.6 Å². The second-order valence-electron chi connectivity index (χ2n) is 7.32. The first-order valence-electron chi connectivity index (χ1n) is 8.94. The number of anilines is 2. The molecule has 0 bridgehead atoms. The second-order valence-corrected chi connectivity index (χ2v) is 9.07. The van der Waals surface area contributed by atoms with Gasteiger partial charge in [0, 0.05) is 24.8 Å². The molecule has 0 radical (unpaired) electrons. The summed E-state index contributed by atoms with van der Waals surface area (Å²) >= 11 is 0. The standard InChI is InChI=1S/C19H28N4O4S/c1-19(2,9-11-21-18-6-4-5-10-20-18)22-13-17(25)14-7-8-16(24)15(12-14)23-28(3,26)27/h4-8,10,12,17,22-25H,9,11,13H2,1-3H3,(H,20,21). The van der Waals surface area contributed by atoms with Crippen LogP contribution >= 0.6 is 0 Å². The molecule has 0 spiro atoms. The van der Waals surface area contributed by atoms with Gasteiger partial charge in [-0.1, -0.05) is 12.1 Å². The third-order valence-corrected chi connectivity index (χ3v) is 4.79. The number of rotatable bonds is 10. The molecule has 1 heterocycles. The Hall–Kier alpha value is -2.36. The number of phenols is 1. The van der Waals surface area contributed by atoms with Gasteiger partial charge in [0.25, 0.3) is 0 Å². The normalized spacial score (nSPS) is 13.1. The molecule has 1 aromatic carbocycles. The number of nitrogens with zero attached hydrogens (tertiary/aromatic N) is 1. The van der Waals surface area contributed by atoms with Gasteiger partial charge in [0.05, 0.1) is 18.0 Å². The van der Waals surface area contributed by atoms with Crippen LogP contribution in [0.15, 0.2) is 42.6 Å². The van der Waals surface area contributed by atoms with Crippen molar-refractivity contribution in [3.63, 3.8) is 0 Å².